The topological polar surface area (TPSA) is 82.5 Å². The molecule has 0 unspecified atom stereocenters. The summed E-state index contributed by atoms with van der Waals surface area (Å²) in [6.07, 6.45) is 3.21. The van der Waals surface area contributed by atoms with Gasteiger partial charge < -0.3 is 19.4 Å². The van der Waals surface area contributed by atoms with Crippen LogP contribution in [-0.4, -0.2) is 35.5 Å². The molecule has 32 heavy (non-hydrogen) atoms. The van der Waals surface area contributed by atoms with Crippen LogP contribution in [0.4, 0.5) is 10.1 Å². The summed E-state index contributed by atoms with van der Waals surface area (Å²) in [6.45, 7) is 0.373. The van der Waals surface area contributed by atoms with Crippen molar-refractivity contribution >= 4 is 28.4 Å². The highest BCUT2D eigenvalue weighted by molar-refractivity contribution is 6.48. The summed E-state index contributed by atoms with van der Waals surface area (Å²) in [5, 5.41) is 3.16. The quantitative estimate of drug-likeness (QED) is 0.351. The van der Waals surface area contributed by atoms with E-state index in [1.165, 1.54) is 26.4 Å². The van der Waals surface area contributed by atoms with Gasteiger partial charge in [-0.3, -0.25) is 9.59 Å². The Hall–Kier alpha value is -4.20. The molecular weight excluding hydrogens is 413 g/mol. The van der Waals surface area contributed by atoms with Crippen LogP contribution in [0.5, 0.6) is 11.5 Å². The molecule has 8 heteroatoms. The summed E-state index contributed by atoms with van der Waals surface area (Å²) in [6, 6.07) is 14.3. The average molecular weight is 433 g/mol. The standard InChI is InChI=1S/C24H20FN3O4/c1-31-20-10-9-17(12-21(20)32-2)27-24(30)22(29)19-14-28(23-18(19)4-3-11-26-23)13-15-5-7-16(25)8-6-15/h3-12,14H,13H2,1-2H3,(H,27,30). The zero-order chi connectivity index (χ0) is 22.7. The Kier molecular flexibility index (Phi) is 5.85. The molecular formula is C24H20FN3O4. The highest BCUT2D eigenvalue weighted by Crippen LogP contribution is 2.30. The molecule has 4 aromatic rings. The van der Waals surface area contributed by atoms with Crippen molar-refractivity contribution in [3.63, 3.8) is 0 Å². The van der Waals surface area contributed by atoms with Gasteiger partial charge in [-0.25, -0.2) is 9.37 Å². The van der Waals surface area contributed by atoms with Gasteiger partial charge in [-0.05, 0) is 42.0 Å². The van der Waals surface area contributed by atoms with E-state index < -0.39 is 11.7 Å². The third-order valence-corrected chi connectivity index (χ3v) is 4.99. The summed E-state index contributed by atoms with van der Waals surface area (Å²) in [7, 11) is 2.99. The minimum Gasteiger partial charge on any atom is -0.493 e. The summed E-state index contributed by atoms with van der Waals surface area (Å²) in [5.74, 6) is -0.880. The fourth-order valence-corrected chi connectivity index (χ4v) is 3.43. The number of fused-ring (bicyclic) bond motifs is 1. The Morgan fingerprint density at radius 2 is 1.78 bits per heavy atom. The number of ether oxygens (including phenoxy) is 2. The Bertz CT molecular complexity index is 1300. The first kappa shape index (κ1) is 21.0. The minimum absolute atomic E-state index is 0.230. The zero-order valence-corrected chi connectivity index (χ0v) is 17.5. The number of anilines is 1. The first-order chi connectivity index (χ1) is 15.5. The first-order valence-electron chi connectivity index (χ1n) is 9.76. The van der Waals surface area contributed by atoms with E-state index in [0.29, 0.717) is 34.8 Å². The van der Waals surface area contributed by atoms with Crippen LogP contribution in [0.3, 0.4) is 0 Å². The van der Waals surface area contributed by atoms with E-state index in [1.54, 1.807) is 59.4 Å². The number of hydrogen-bond acceptors (Lipinski definition) is 5. The molecule has 0 aliphatic carbocycles. The van der Waals surface area contributed by atoms with Gasteiger partial charge in [0.2, 0.25) is 0 Å². The maximum atomic E-state index is 13.2. The number of carbonyl (C=O) groups excluding carboxylic acids is 2. The smallest absolute Gasteiger partial charge is 0.296 e. The number of nitrogens with zero attached hydrogens (tertiary/aromatic N) is 2. The Morgan fingerprint density at radius 1 is 1.03 bits per heavy atom. The van der Waals surface area contributed by atoms with Crippen LogP contribution in [0.15, 0.2) is 67.0 Å². The van der Waals surface area contributed by atoms with Crippen molar-refractivity contribution in [2.24, 2.45) is 0 Å². The lowest BCUT2D eigenvalue weighted by Gasteiger charge is -2.10. The molecule has 1 N–H and O–H groups in total. The van der Waals surface area contributed by atoms with Crippen LogP contribution >= 0.6 is 0 Å². The highest BCUT2D eigenvalue weighted by Gasteiger charge is 2.23. The van der Waals surface area contributed by atoms with Gasteiger partial charge >= 0.3 is 0 Å². The number of rotatable bonds is 7. The third-order valence-electron chi connectivity index (χ3n) is 4.99. The van der Waals surface area contributed by atoms with E-state index in [9.17, 15) is 14.0 Å². The number of benzene rings is 2. The fraction of sp³-hybridized carbons (Fsp3) is 0.125. The molecule has 4 rings (SSSR count). The van der Waals surface area contributed by atoms with Gasteiger partial charge in [-0.15, -0.1) is 0 Å². The minimum atomic E-state index is -0.790. The molecule has 0 radical (unpaired) electrons. The molecule has 0 fully saturated rings. The van der Waals surface area contributed by atoms with Crippen LogP contribution in [0.2, 0.25) is 0 Å². The van der Waals surface area contributed by atoms with Crippen molar-refractivity contribution in [2.45, 2.75) is 6.54 Å². The van der Waals surface area contributed by atoms with Gasteiger partial charge in [0.25, 0.3) is 11.7 Å². The second-order valence-electron chi connectivity index (χ2n) is 7.02. The zero-order valence-electron chi connectivity index (χ0n) is 17.5. The van der Waals surface area contributed by atoms with Crippen LogP contribution in [0, 0.1) is 5.82 Å². The van der Waals surface area contributed by atoms with Gasteiger partial charge in [0, 0.05) is 36.1 Å². The lowest BCUT2D eigenvalue weighted by atomic mass is 10.1. The third kappa shape index (κ3) is 4.15. The van der Waals surface area contributed by atoms with Crippen LogP contribution in [-0.2, 0) is 11.3 Å². The summed E-state index contributed by atoms with van der Waals surface area (Å²) < 4.78 is 25.4. The molecule has 2 aromatic carbocycles. The highest BCUT2D eigenvalue weighted by atomic mass is 19.1. The maximum Gasteiger partial charge on any atom is 0.296 e. The fourth-order valence-electron chi connectivity index (χ4n) is 3.43. The van der Waals surface area contributed by atoms with E-state index in [4.69, 9.17) is 9.47 Å². The van der Waals surface area contributed by atoms with E-state index in [0.717, 1.165) is 5.56 Å². The maximum absolute atomic E-state index is 13.2. The molecule has 0 atom stereocenters. The van der Waals surface area contributed by atoms with Crippen molar-refractivity contribution in [3.05, 3.63) is 83.9 Å². The SMILES string of the molecule is COc1ccc(NC(=O)C(=O)c2cn(Cc3ccc(F)cc3)c3ncccc23)cc1OC. The van der Waals surface area contributed by atoms with E-state index in [-0.39, 0.29) is 11.4 Å². The number of methoxy groups -OCH3 is 2. The van der Waals surface area contributed by atoms with Crippen molar-refractivity contribution in [3.8, 4) is 11.5 Å². The number of nitrogens with one attached hydrogen (secondary N) is 1. The molecule has 0 bridgehead atoms. The Balaban J connectivity index is 1.62. The van der Waals surface area contributed by atoms with E-state index in [2.05, 4.69) is 10.3 Å². The molecule has 7 nitrogen and oxygen atoms in total. The molecule has 2 aromatic heterocycles. The van der Waals surface area contributed by atoms with Gasteiger partial charge in [-0.1, -0.05) is 12.1 Å². The number of Topliss-reactive ketones (excluding diaryl/α,β-unsaturated/α-hetero) is 1. The van der Waals surface area contributed by atoms with E-state index in [1.807, 2.05) is 0 Å². The summed E-state index contributed by atoms with van der Waals surface area (Å²) in [5.41, 5.74) is 2.02. The number of carbonyl (C=O) groups is 2. The number of amides is 1. The van der Waals surface area contributed by atoms with Crippen molar-refractivity contribution in [1.82, 2.24) is 9.55 Å². The summed E-state index contributed by atoms with van der Waals surface area (Å²) in [4.78, 5) is 30.1. The van der Waals surface area contributed by atoms with Crippen LogP contribution in [0.1, 0.15) is 15.9 Å². The van der Waals surface area contributed by atoms with E-state index >= 15 is 0 Å². The van der Waals surface area contributed by atoms with Gasteiger partial charge in [0.05, 0.1) is 19.8 Å². The van der Waals surface area contributed by atoms with Crippen molar-refractivity contribution in [1.29, 1.82) is 0 Å². The van der Waals surface area contributed by atoms with Crippen molar-refractivity contribution < 1.29 is 23.5 Å². The number of ketones is 1. The molecule has 0 aliphatic heterocycles. The Labute approximate surface area is 183 Å². The summed E-state index contributed by atoms with van der Waals surface area (Å²) >= 11 is 0. The van der Waals surface area contributed by atoms with Gasteiger partial charge in [-0.2, -0.15) is 0 Å². The molecule has 0 saturated carbocycles. The predicted octanol–water partition coefficient (Wildman–Crippen LogP) is 4.06. The molecule has 162 valence electrons. The normalized spacial score (nSPS) is 10.7. The largest absolute Gasteiger partial charge is 0.493 e. The Morgan fingerprint density at radius 3 is 2.50 bits per heavy atom. The average Bonchev–Trinajstić information content (AvgIpc) is 3.18. The monoisotopic (exact) mass is 433 g/mol. The molecule has 0 aliphatic rings. The van der Waals surface area contributed by atoms with Crippen molar-refractivity contribution in [2.75, 3.05) is 19.5 Å². The second kappa shape index (κ2) is 8.89. The predicted molar refractivity (Wildman–Crippen MR) is 118 cm³/mol. The number of hydrogen-bond donors (Lipinski definition) is 1. The first-order valence-corrected chi connectivity index (χ1v) is 9.76. The number of halogens is 1. The molecule has 2 heterocycles. The molecule has 0 spiro atoms. The van der Waals surface area contributed by atoms with Gasteiger partial charge in [0.15, 0.2) is 11.5 Å². The molecule has 1 amide bonds. The lowest BCUT2D eigenvalue weighted by molar-refractivity contribution is -0.112. The number of aromatic nitrogens is 2. The van der Waals surface area contributed by atoms with Crippen LogP contribution < -0.4 is 14.8 Å². The number of pyridine rings is 1. The molecule has 0 saturated heterocycles. The lowest BCUT2D eigenvalue weighted by Crippen LogP contribution is -2.22. The van der Waals surface area contributed by atoms with Gasteiger partial charge in [0.1, 0.15) is 11.5 Å². The van der Waals surface area contributed by atoms with Crippen LogP contribution in [0.25, 0.3) is 11.0 Å². The second-order valence-corrected chi connectivity index (χ2v) is 7.02.